The number of furan rings is 1. The number of rotatable bonds is 6. The molecule has 27 heavy (non-hydrogen) atoms. The number of ether oxygens (including phenoxy) is 3. The average molecular weight is 378 g/mol. The summed E-state index contributed by atoms with van der Waals surface area (Å²) in [6, 6.07) is 1.84. The van der Waals surface area contributed by atoms with Gasteiger partial charge >= 0.3 is 17.6 Å². The second-order valence-electron chi connectivity index (χ2n) is 6.47. The molecule has 3 rings (SSSR count). The lowest BCUT2D eigenvalue weighted by Crippen LogP contribution is -2.31. The van der Waals surface area contributed by atoms with Gasteiger partial charge in [0.15, 0.2) is 0 Å². The van der Waals surface area contributed by atoms with E-state index in [1.165, 1.54) is 18.4 Å². The summed E-state index contributed by atoms with van der Waals surface area (Å²) in [6.45, 7) is 4.53. The minimum atomic E-state index is -0.691. The standard InChI is InChI=1S/C18H22N2O7/c1-4-5-13-6-12-8-20(18(23)19-17(12)26-13)16-7-14(25-11(3)22)15(27-16)9-24-10(2)21/h6,8,14-16H,4-5,7,9H2,1-3H3/t14-,15+,16+/m0/s1. The van der Waals surface area contributed by atoms with Gasteiger partial charge in [-0.05, 0) is 12.5 Å². The summed E-state index contributed by atoms with van der Waals surface area (Å²) < 4.78 is 23.0. The average Bonchev–Trinajstić information content (AvgIpc) is 3.15. The van der Waals surface area contributed by atoms with Gasteiger partial charge in [-0.2, -0.15) is 4.98 Å². The van der Waals surface area contributed by atoms with Gasteiger partial charge in [-0.15, -0.1) is 0 Å². The van der Waals surface area contributed by atoms with E-state index < -0.39 is 36.1 Å². The molecule has 9 heteroatoms. The Hall–Kier alpha value is -2.68. The lowest BCUT2D eigenvalue weighted by Gasteiger charge is -2.17. The molecule has 0 aromatic carbocycles. The SMILES string of the molecule is CCCc1cc2cn([C@H]3C[C@H](OC(C)=O)[C@@H](COC(C)=O)O3)c(=O)nc2o1. The summed E-state index contributed by atoms with van der Waals surface area (Å²) >= 11 is 0. The first-order chi connectivity index (χ1) is 12.9. The van der Waals surface area contributed by atoms with Crippen molar-refractivity contribution in [1.82, 2.24) is 9.55 Å². The number of nitrogens with zero attached hydrogens (tertiary/aromatic N) is 2. The fraction of sp³-hybridized carbons (Fsp3) is 0.556. The summed E-state index contributed by atoms with van der Waals surface area (Å²) in [7, 11) is 0. The van der Waals surface area contributed by atoms with Crippen LogP contribution in [0.25, 0.3) is 11.1 Å². The Bertz CT molecular complexity index is 901. The third kappa shape index (κ3) is 4.36. The molecule has 0 spiro atoms. The number of esters is 2. The van der Waals surface area contributed by atoms with E-state index in [9.17, 15) is 14.4 Å². The molecule has 0 bridgehead atoms. The van der Waals surface area contributed by atoms with E-state index in [1.54, 1.807) is 6.20 Å². The van der Waals surface area contributed by atoms with Gasteiger partial charge in [0.25, 0.3) is 0 Å². The van der Waals surface area contributed by atoms with Crippen LogP contribution in [-0.2, 0) is 30.2 Å². The molecule has 2 aromatic rings. The fourth-order valence-corrected chi connectivity index (χ4v) is 3.11. The summed E-state index contributed by atoms with van der Waals surface area (Å²) in [5.74, 6) is -0.183. The highest BCUT2D eigenvalue weighted by Crippen LogP contribution is 2.31. The lowest BCUT2D eigenvalue weighted by atomic mass is 10.2. The van der Waals surface area contributed by atoms with Crippen LogP contribution in [0.5, 0.6) is 0 Å². The highest BCUT2D eigenvalue weighted by molar-refractivity contribution is 5.72. The van der Waals surface area contributed by atoms with Crippen LogP contribution in [0.1, 0.15) is 45.6 Å². The molecule has 0 aliphatic carbocycles. The summed E-state index contributed by atoms with van der Waals surface area (Å²) in [5, 5.41) is 0.689. The second kappa shape index (κ2) is 7.91. The molecule has 1 aliphatic rings. The van der Waals surface area contributed by atoms with E-state index in [2.05, 4.69) is 4.98 Å². The molecule has 0 unspecified atom stereocenters. The molecular weight excluding hydrogens is 356 g/mol. The monoisotopic (exact) mass is 378 g/mol. The van der Waals surface area contributed by atoms with Gasteiger partial charge in [0.2, 0.25) is 5.71 Å². The Balaban J connectivity index is 1.85. The summed E-state index contributed by atoms with van der Waals surface area (Å²) in [6.07, 6.45) is 1.56. The van der Waals surface area contributed by atoms with E-state index in [-0.39, 0.29) is 18.7 Å². The topological polar surface area (TPSA) is 110 Å². The molecule has 1 saturated heterocycles. The van der Waals surface area contributed by atoms with Crippen molar-refractivity contribution in [1.29, 1.82) is 0 Å². The van der Waals surface area contributed by atoms with Crippen molar-refractivity contribution >= 4 is 23.0 Å². The number of aryl methyl sites for hydroxylation is 1. The summed E-state index contributed by atoms with van der Waals surface area (Å²) in [4.78, 5) is 38.8. The molecule has 1 fully saturated rings. The van der Waals surface area contributed by atoms with Crippen LogP contribution in [-0.4, -0.2) is 40.3 Å². The zero-order valence-electron chi connectivity index (χ0n) is 15.5. The maximum absolute atomic E-state index is 12.4. The predicted octanol–water partition coefficient (Wildman–Crippen LogP) is 1.72. The van der Waals surface area contributed by atoms with E-state index in [1.807, 2.05) is 13.0 Å². The largest absolute Gasteiger partial charge is 0.463 e. The number of hydrogen-bond donors (Lipinski definition) is 0. The van der Waals surface area contributed by atoms with Crippen molar-refractivity contribution in [2.75, 3.05) is 6.61 Å². The van der Waals surface area contributed by atoms with Crippen LogP contribution < -0.4 is 5.69 Å². The first-order valence-electron chi connectivity index (χ1n) is 8.85. The van der Waals surface area contributed by atoms with E-state index in [0.717, 1.165) is 18.6 Å². The maximum atomic E-state index is 12.4. The Labute approximate surface area is 155 Å². The van der Waals surface area contributed by atoms with Crippen molar-refractivity contribution in [2.45, 2.75) is 58.5 Å². The minimum absolute atomic E-state index is 0.0689. The molecule has 3 atom stereocenters. The number of aromatic nitrogens is 2. The van der Waals surface area contributed by atoms with Crippen LogP contribution in [0.3, 0.4) is 0 Å². The molecule has 9 nitrogen and oxygen atoms in total. The quantitative estimate of drug-likeness (QED) is 0.699. The van der Waals surface area contributed by atoms with Crippen LogP contribution in [0, 0.1) is 0 Å². The Morgan fingerprint density at radius 3 is 2.78 bits per heavy atom. The Kier molecular flexibility index (Phi) is 5.59. The van der Waals surface area contributed by atoms with Gasteiger partial charge in [-0.3, -0.25) is 14.2 Å². The van der Waals surface area contributed by atoms with Crippen LogP contribution in [0.4, 0.5) is 0 Å². The third-order valence-electron chi connectivity index (χ3n) is 4.24. The molecule has 0 amide bonds. The van der Waals surface area contributed by atoms with Gasteiger partial charge in [0, 0.05) is 32.9 Å². The zero-order chi connectivity index (χ0) is 19.6. The zero-order valence-corrected chi connectivity index (χ0v) is 15.5. The predicted molar refractivity (Wildman–Crippen MR) is 93.0 cm³/mol. The van der Waals surface area contributed by atoms with Crippen LogP contribution in [0.2, 0.25) is 0 Å². The smallest absolute Gasteiger partial charge is 0.353 e. The number of hydrogen-bond acceptors (Lipinski definition) is 8. The van der Waals surface area contributed by atoms with E-state index in [0.29, 0.717) is 5.39 Å². The van der Waals surface area contributed by atoms with Gasteiger partial charge in [0.05, 0.1) is 5.39 Å². The number of carbonyl (C=O) groups is 2. The summed E-state index contributed by atoms with van der Waals surface area (Å²) in [5.41, 5.74) is -0.245. The van der Waals surface area contributed by atoms with Crippen molar-refractivity contribution in [2.24, 2.45) is 0 Å². The Morgan fingerprint density at radius 1 is 1.33 bits per heavy atom. The van der Waals surface area contributed by atoms with Crippen LogP contribution in [0.15, 0.2) is 21.5 Å². The highest BCUT2D eigenvalue weighted by Gasteiger charge is 2.39. The normalized spacial score (nSPS) is 22.1. The first-order valence-corrected chi connectivity index (χ1v) is 8.85. The van der Waals surface area contributed by atoms with E-state index in [4.69, 9.17) is 18.6 Å². The Morgan fingerprint density at radius 2 is 2.11 bits per heavy atom. The van der Waals surface area contributed by atoms with Crippen molar-refractivity contribution in [3.05, 3.63) is 28.5 Å². The molecule has 146 valence electrons. The minimum Gasteiger partial charge on any atom is -0.463 e. The van der Waals surface area contributed by atoms with Gasteiger partial charge in [-0.1, -0.05) is 6.92 Å². The van der Waals surface area contributed by atoms with E-state index >= 15 is 0 Å². The molecular formula is C18H22N2O7. The molecule has 2 aromatic heterocycles. The lowest BCUT2D eigenvalue weighted by molar-refractivity contribution is -0.155. The molecule has 0 saturated carbocycles. The maximum Gasteiger partial charge on any atom is 0.353 e. The fourth-order valence-electron chi connectivity index (χ4n) is 3.11. The van der Waals surface area contributed by atoms with Crippen molar-refractivity contribution in [3.8, 4) is 0 Å². The molecule has 0 radical (unpaired) electrons. The van der Waals surface area contributed by atoms with Crippen molar-refractivity contribution in [3.63, 3.8) is 0 Å². The number of carbonyl (C=O) groups excluding carboxylic acids is 2. The van der Waals surface area contributed by atoms with Gasteiger partial charge in [0.1, 0.15) is 30.8 Å². The first kappa shape index (κ1) is 19.1. The van der Waals surface area contributed by atoms with Gasteiger partial charge in [-0.25, -0.2) is 4.79 Å². The van der Waals surface area contributed by atoms with Crippen molar-refractivity contribution < 1.29 is 28.2 Å². The molecule has 1 aliphatic heterocycles. The molecule has 3 heterocycles. The highest BCUT2D eigenvalue weighted by atomic mass is 16.6. The van der Waals surface area contributed by atoms with Gasteiger partial charge < -0.3 is 18.6 Å². The van der Waals surface area contributed by atoms with Crippen LogP contribution >= 0.6 is 0 Å². The number of fused-ring (bicyclic) bond motifs is 1. The molecule has 0 N–H and O–H groups in total. The second-order valence-corrected chi connectivity index (χ2v) is 6.47. The third-order valence-corrected chi connectivity index (χ3v) is 4.24.